The first-order chi connectivity index (χ1) is 16.8. The predicted molar refractivity (Wildman–Crippen MR) is 130 cm³/mol. The van der Waals surface area contributed by atoms with Gasteiger partial charge in [0.05, 0.1) is 24.5 Å². The van der Waals surface area contributed by atoms with Crippen molar-refractivity contribution in [2.45, 2.75) is 11.8 Å². The number of halogens is 1. The van der Waals surface area contributed by atoms with Gasteiger partial charge >= 0.3 is 0 Å². The highest BCUT2D eigenvalue weighted by Crippen LogP contribution is 2.24. The van der Waals surface area contributed by atoms with Crippen LogP contribution in [0, 0.1) is 12.7 Å². The number of hydrogen-bond donors (Lipinski definition) is 2. The van der Waals surface area contributed by atoms with Crippen LogP contribution >= 0.6 is 0 Å². The third-order valence-corrected chi connectivity index (χ3v) is 7.39. The Labute approximate surface area is 202 Å². The number of rotatable bonds is 6. The molecular formula is C25H24FN3O5S. The Kier molecular flexibility index (Phi) is 7.25. The molecule has 4 rings (SSSR count). The largest absolute Gasteiger partial charge is 0.379 e. The maximum Gasteiger partial charge on any atom is 0.257 e. The average Bonchev–Trinajstić information content (AvgIpc) is 2.85. The van der Waals surface area contributed by atoms with Crippen LogP contribution < -0.4 is 10.6 Å². The fraction of sp³-hybridized carbons (Fsp3) is 0.200. The van der Waals surface area contributed by atoms with Crippen molar-refractivity contribution in [3.05, 3.63) is 89.2 Å². The number of sulfonamides is 1. The highest BCUT2D eigenvalue weighted by Gasteiger charge is 2.30. The second-order valence-corrected chi connectivity index (χ2v) is 9.89. The molecule has 182 valence electrons. The van der Waals surface area contributed by atoms with Gasteiger partial charge in [-0.15, -0.1) is 0 Å². The third kappa shape index (κ3) is 5.56. The van der Waals surface area contributed by atoms with Crippen molar-refractivity contribution in [3.8, 4) is 0 Å². The van der Waals surface area contributed by atoms with Crippen LogP contribution in [-0.2, 0) is 14.8 Å². The van der Waals surface area contributed by atoms with E-state index >= 15 is 0 Å². The third-order valence-electron chi connectivity index (χ3n) is 5.48. The molecule has 0 aromatic heterocycles. The van der Waals surface area contributed by atoms with Crippen LogP contribution in [-0.4, -0.2) is 50.8 Å². The topological polar surface area (TPSA) is 105 Å². The lowest BCUT2D eigenvalue weighted by molar-refractivity contribution is 0.0729. The Balaban J connectivity index is 1.57. The highest BCUT2D eigenvalue weighted by atomic mass is 32.2. The van der Waals surface area contributed by atoms with E-state index in [0.29, 0.717) is 5.69 Å². The zero-order chi connectivity index (χ0) is 25.0. The van der Waals surface area contributed by atoms with Gasteiger partial charge in [0.1, 0.15) is 10.7 Å². The number of nitrogens with one attached hydrogen (secondary N) is 2. The van der Waals surface area contributed by atoms with E-state index in [1.54, 1.807) is 30.3 Å². The zero-order valence-electron chi connectivity index (χ0n) is 19.0. The van der Waals surface area contributed by atoms with Gasteiger partial charge in [-0.25, -0.2) is 12.8 Å². The van der Waals surface area contributed by atoms with Gasteiger partial charge in [0.2, 0.25) is 10.0 Å². The fourth-order valence-corrected chi connectivity index (χ4v) is 5.17. The normalized spacial score (nSPS) is 14.3. The number of hydrogen-bond acceptors (Lipinski definition) is 5. The van der Waals surface area contributed by atoms with Crippen molar-refractivity contribution in [2.75, 3.05) is 36.9 Å². The Morgan fingerprint density at radius 2 is 1.66 bits per heavy atom. The summed E-state index contributed by atoms with van der Waals surface area (Å²) in [6, 6.07) is 16.8. The fourth-order valence-electron chi connectivity index (χ4n) is 3.67. The number of anilines is 2. The van der Waals surface area contributed by atoms with Crippen LogP contribution in [0.3, 0.4) is 0 Å². The molecule has 0 unspecified atom stereocenters. The molecule has 2 N–H and O–H groups in total. The Hall–Kier alpha value is -3.60. The van der Waals surface area contributed by atoms with E-state index in [-0.39, 0.29) is 43.1 Å². The van der Waals surface area contributed by atoms with Crippen molar-refractivity contribution in [2.24, 2.45) is 0 Å². The molecule has 3 aromatic rings. The van der Waals surface area contributed by atoms with Crippen LogP contribution in [0.4, 0.5) is 15.8 Å². The van der Waals surface area contributed by atoms with E-state index in [9.17, 15) is 22.4 Å². The molecule has 35 heavy (non-hydrogen) atoms. The molecule has 0 aliphatic carbocycles. The van der Waals surface area contributed by atoms with Crippen molar-refractivity contribution >= 4 is 33.2 Å². The maximum atomic E-state index is 14.5. The second kappa shape index (κ2) is 10.3. The zero-order valence-corrected chi connectivity index (χ0v) is 19.8. The number of para-hydroxylation sites is 1. The SMILES string of the molecule is Cc1cccc(NC(=O)c2ccccc2NC(=O)c2ccc(F)c(S(=O)(=O)N3CCOCC3)c2)c1. The predicted octanol–water partition coefficient (Wildman–Crippen LogP) is 3.66. The van der Waals surface area contributed by atoms with Gasteiger partial charge < -0.3 is 15.4 Å². The number of benzene rings is 3. The van der Waals surface area contributed by atoms with Crippen molar-refractivity contribution < 1.29 is 27.1 Å². The summed E-state index contributed by atoms with van der Waals surface area (Å²) < 4.78 is 46.6. The number of amides is 2. The first kappa shape index (κ1) is 24.5. The van der Waals surface area contributed by atoms with Gasteiger partial charge in [0.25, 0.3) is 11.8 Å². The molecule has 1 fully saturated rings. The molecule has 1 saturated heterocycles. The average molecular weight is 498 g/mol. The first-order valence-corrected chi connectivity index (χ1v) is 12.4. The minimum atomic E-state index is -4.15. The number of ether oxygens (including phenoxy) is 1. The van der Waals surface area contributed by atoms with Crippen molar-refractivity contribution in [3.63, 3.8) is 0 Å². The van der Waals surface area contributed by atoms with Crippen LogP contribution in [0.5, 0.6) is 0 Å². The first-order valence-electron chi connectivity index (χ1n) is 10.9. The van der Waals surface area contributed by atoms with E-state index in [1.165, 1.54) is 6.07 Å². The highest BCUT2D eigenvalue weighted by molar-refractivity contribution is 7.89. The van der Waals surface area contributed by atoms with Gasteiger partial charge in [-0.1, -0.05) is 24.3 Å². The molecule has 10 heteroatoms. The van der Waals surface area contributed by atoms with Gasteiger partial charge in [0, 0.05) is 24.3 Å². The number of aryl methyl sites for hydroxylation is 1. The summed E-state index contributed by atoms with van der Waals surface area (Å²) in [6.07, 6.45) is 0. The molecule has 0 radical (unpaired) electrons. The van der Waals surface area contributed by atoms with E-state index in [2.05, 4.69) is 10.6 Å². The summed E-state index contributed by atoms with van der Waals surface area (Å²) >= 11 is 0. The lowest BCUT2D eigenvalue weighted by atomic mass is 10.1. The van der Waals surface area contributed by atoms with Gasteiger partial charge in [0.15, 0.2) is 0 Å². The minimum absolute atomic E-state index is 0.0628. The van der Waals surface area contributed by atoms with Gasteiger partial charge in [-0.05, 0) is 55.0 Å². The van der Waals surface area contributed by atoms with Crippen LogP contribution in [0.2, 0.25) is 0 Å². The molecular weight excluding hydrogens is 473 g/mol. The number of nitrogens with zero attached hydrogens (tertiary/aromatic N) is 1. The molecule has 0 spiro atoms. The molecule has 3 aromatic carbocycles. The molecule has 8 nitrogen and oxygen atoms in total. The molecule has 1 aliphatic heterocycles. The standard InChI is InChI=1S/C25H24FN3O5S/c1-17-5-4-6-19(15-17)27-25(31)20-7-2-3-8-22(20)28-24(30)18-9-10-21(26)23(16-18)35(32,33)29-11-13-34-14-12-29/h2-10,15-16H,11-14H2,1H3,(H,27,31)(H,28,30). The smallest absolute Gasteiger partial charge is 0.257 e. The number of carbonyl (C=O) groups is 2. The van der Waals surface area contributed by atoms with Gasteiger partial charge in [-0.2, -0.15) is 4.31 Å². The molecule has 0 saturated carbocycles. The Morgan fingerprint density at radius 1 is 0.914 bits per heavy atom. The summed E-state index contributed by atoms with van der Waals surface area (Å²) in [7, 11) is -4.15. The van der Waals surface area contributed by atoms with E-state index in [0.717, 1.165) is 22.0 Å². The van der Waals surface area contributed by atoms with E-state index in [4.69, 9.17) is 4.74 Å². The summed E-state index contributed by atoms with van der Waals surface area (Å²) in [5, 5.41) is 5.42. The molecule has 2 amide bonds. The van der Waals surface area contributed by atoms with E-state index < -0.39 is 32.6 Å². The molecule has 1 aliphatic rings. The van der Waals surface area contributed by atoms with Crippen LogP contribution in [0.1, 0.15) is 26.3 Å². The minimum Gasteiger partial charge on any atom is -0.379 e. The monoisotopic (exact) mass is 497 g/mol. The lowest BCUT2D eigenvalue weighted by Gasteiger charge is -2.26. The lowest BCUT2D eigenvalue weighted by Crippen LogP contribution is -2.41. The van der Waals surface area contributed by atoms with E-state index in [1.807, 2.05) is 25.1 Å². The molecule has 0 atom stereocenters. The van der Waals surface area contributed by atoms with Crippen molar-refractivity contribution in [1.29, 1.82) is 0 Å². The summed E-state index contributed by atoms with van der Waals surface area (Å²) in [5.41, 5.74) is 1.96. The molecule has 0 bridgehead atoms. The maximum absolute atomic E-state index is 14.5. The Bertz CT molecular complexity index is 1370. The summed E-state index contributed by atoms with van der Waals surface area (Å²) in [4.78, 5) is 25.2. The Morgan fingerprint density at radius 3 is 2.40 bits per heavy atom. The molecule has 1 heterocycles. The van der Waals surface area contributed by atoms with Crippen molar-refractivity contribution in [1.82, 2.24) is 4.31 Å². The second-order valence-electron chi connectivity index (χ2n) is 7.98. The van der Waals surface area contributed by atoms with Crippen LogP contribution in [0.15, 0.2) is 71.6 Å². The summed E-state index contributed by atoms with van der Waals surface area (Å²) in [6.45, 7) is 2.52. The van der Waals surface area contributed by atoms with Crippen LogP contribution in [0.25, 0.3) is 0 Å². The number of carbonyl (C=O) groups excluding carboxylic acids is 2. The summed E-state index contributed by atoms with van der Waals surface area (Å²) in [5.74, 6) is -2.06. The quantitative estimate of drug-likeness (QED) is 0.541. The van der Waals surface area contributed by atoms with Gasteiger partial charge in [-0.3, -0.25) is 9.59 Å². The number of morpholine rings is 1.